The van der Waals surface area contributed by atoms with E-state index in [1.165, 1.54) is 0 Å². The first kappa shape index (κ1) is 12.3. The zero-order valence-electron chi connectivity index (χ0n) is 9.61. The van der Waals surface area contributed by atoms with Crippen molar-refractivity contribution in [3.8, 4) is 0 Å². The van der Waals surface area contributed by atoms with E-state index < -0.39 is 0 Å². The smallest absolute Gasteiger partial charge is 0.409 e. The first-order valence-corrected chi connectivity index (χ1v) is 5.53. The molecule has 15 heavy (non-hydrogen) atoms. The second-order valence-electron chi connectivity index (χ2n) is 3.96. The van der Waals surface area contributed by atoms with Crippen LogP contribution in [-0.2, 0) is 4.74 Å². The molecule has 0 aromatic rings. The zero-order valence-corrected chi connectivity index (χ0v) is 9.61. The Hall–Kier alpha value is -0.810. The summed E-state index contributed by atoms with van der Waals surface area (Å²) in [6.45, 7) is 8.43. The van der Waals surface area contributed by atoms with Crippen LogP contribution in [0.4, 0.5) is 4.79 Å². The van der Waals surface area contributed by atoms with Gasteiger partial charge in [0.25, 0.3) is 0 Å². The van der Waals surface area contributed by atoms with Gasteiger partial charge >= 0.3 is 6.09 Å². The number of carbonyl (C=O) groups excluding carboxylic acids is 1. The summed E-state index contributed by atoms with van der Waals surface area (Å²) in [5.41, 5.74) is 5.72. The maximum atomic E-state index is 11.4. The molecule has 1 heterocycles. The molecule has 0 spiro atoms. The van der Waals surface area contributed by atoms with Crippen LogP contribution >= 0.6 is 0 Å². The van der Waals surface area contributed by atoms with Gasteiger partial charge in [-0.1, -0.05) is 0 Å². The maximum absolute atomic E-state index is 11.4. The topological polar surface area (TPSA) is 58.8 Å². The number of amides is 1. The molecule has 1 saturated heterocycles. The number of nitrogens with two attached hydrogens (primary N) is 1. The van der Waals surface area contributed by atoms with Crippen LogP contribution in [0.15, 0.2) is 0 Å². The van der Waals surface area contributed by atoms with E-state index in [0.29, 0.717) is 6.61 Å². The van der Waals surface area contributed by atoms with Crippen molar-refractivity contribution in [2.45, 2.75) is 19.9 Å². The molecular formula is C10H21N3O2. The Morgan fingerprint density at radius 3 is 2.47 bits per heavy atom. The predicted molar refractivity (Wildman–Crippen MR) is 58.7 cm³/mol. The van der Waals surface area contributed by atoms with E-state index in [1.807, 2.05) is 13.8 Å². The van der Waals surface area contributed by atoms with Crippen molar-refractivity contribution in [2.24, 2.45) is 5.73 Å². The van der Waals surface area contributed by atoms with Crippen molar-refractivity contribution in [2.75, 3.05) is 39.3 Å². The van der Waals surface area contributed by atoms with Crippen molar-refractivity contribution in [1.29, 1.82) is 0 Å². The van der Waals surface area contributed by atoms with Crippen molar-refractivity contribution >= 4 is 6.09 Å². The summed E-state index contributed by atoms with van der Waals surface area (Å²) < 4.78 is 4.94. The molecule has 5 heteroatoms. The van der Waals surface area contributed by atoms with E-state index in [1.54, 1.807) is 4.90 Å². The molecule has 0 aromatic heterocycles. The van der Waals surface area contributed by atoms with Crippen LogP contribution in [0.25, 0.3) is 0 Å². The summed E-state index contributed by atoms with van der Waals surface area (Å²) >= 11 is 0. The number of nitrogens with zero attached hydrogens (tertiary/aromatic N) is 2. The molecule has 1 unspecified atom stereocenters. The fourth-order valence-corrected chi connectivity index (χ4v) is 1.74. The van der Waals surface area contributed by atoms with Gasteiger partial charge in [0, 0.05) is 38.8 Å². The summed E-state index contributed by atoms with van der Waals surface area (Å²) in [5, 5.41) is 0. The highest BCUT2D eigenvalue weighted by Crippen LogP contribution is 2.03. The van der Waals surface area contributed by atoms with Gasteiger partial charge in [-0.3, -0.25) is 4.90 Å². The molecule has 1 aliphatic heterocycles. The van der Waals surface area contributed by atoms with E-state index in [4.69, 9.17) is 10.5 Å². The van der Waals surface area contributed by atoms with Crippen LogP contribution in [-0.4, -0.2) is 61.3 Å². The number of piperazine rings is 1. The van der Waals surface area contributed by atoms with Crippen molar-refractivity contribution in [1.82, 2.24) is 9.80 Å². The molecule has 0 bridgehead atoms. The molecule has 0 saturated carbocycles. The van der Waals surface area contributed by atoms with Gasteiger partial charge in [0.05, 0.1) is 6.61 Å². The van der Waals surface area contributed by atoms with Crippen LogP contribution in [0.5, 0.6) is 0 Å². The summed E-state index contributed by atoms with van der Waals surface area (Å²) in [6, 6.07) is 0.194. The Morgan fingerprint density at radius 1 is 1.40 bits per heavy atom. The standard InChI is InChI=1S/C10H21N3O2/c1-3-15-10(14)13-6-4-12(5-7-13)8-9(2)11/h9H,3-8,11H2,1-2H3. The van der Waals surface area contributed by atoms with Crippen LogP contribution in [0.1, 0.15) is 13.8 Å². The van der Waals surface area contributed by atoms with Crippen LogP contribution in [0.2, 0.25) is 0 Å². The third kappa shape index (κ3) is 4.05. The number of hydrogen-bond acceptors (Lipinski definition) is 4. The minimum absolute atomic E-state index is 0.194. The lowest BCUT2D eigenvalue weighted by molar-refractivity contribution is 0.0786. The first-order chi connectivity index (χ1) is 7.13. The lowest BCUT2D eigenvalue weighted by Crippen LogP contribution is -2.51. The predicted octanol–water partition coefficient (Wildman–Crippen LogP) is 0.108. The largest absolute Gasteiger partial charge is 0.450 e. The number of ether oxygens (including phenoxy) is 1. The maximum Gasteiger partial charge on any atom is 0.409 e. The van der Waals surface area contributed by atoms with Gasteiger partial charge in [-0.2, -0.15) is 0 Å². The molecule has 0 radical (unpaired) electrons. The minimum Gasteiger partial charge on any atom is -0.450 e. The third-order valence-corrected chi connectivity index (χ3v) is 2.44. The van der Waals surface area contributed by atoms with Crippen LogP contribution in [0, 0.1) is 0 Å². The lowest BCUT2D eigenvalue weighted by Gasteiger charge is -2.34. The van der Waals surface area contributed by atoms with Gasteiger partial charge in [0.2, 0.25) is 0 Å². The normalized spacial score (nSPS) is 20.1. The fourth-order valence-electron chi connectivity index (χ4n) is 1.74. The number of carbonyl (C=O) groups is 1. The lowest BCUT2D eigenvalue weighted by atomic mass is 10.2. The minimum atomic E-state index is -0.196. The van der Waals surface area contributed by atoms with E-state index in [9.17, 15) is 4.79 Å². The molecule has 1 rings (SSSR count). The third-order valence-electron chi connectivity index (χ3n) is 2.44. The van der Waals surface area contributed by atoms with Gasteiger partial charge in [-0.25, -0.2) is 4.79 Å². The molecule has 0 aromatic carbocycles. The molecular weight excluding hydrogens is 194 g/mol. The van der Waals surface area contributed by atoms with Crippen molar-refractivity contribution in [3.63, 3.8) is 0 Å². The van der Waals surface area contributed by atoms with Gasteiger partial charge in [-0.15, -0.1) is 0 Å². The summed E-state index contributed by atoms with van der Waals surface area (Å²) in [5.74, 6) is 0. The molecule has 1 fully saturated rings. The molecule has 1 amide bonds. The summed E-state index contributed by atoms with van der Waals surface area (Å²) in [6.07, 6.45) is -0.196. The quantitative estimate of drug-likeness (QED) is 0.726. The Morgan fingerprint density at radius 2 is 2.00 bits per heavy atom. The molecule has 2 N–H and O–H groups in total. The first-order valence-electron chi connectivity index (χ1n) is 5.53. The van der Waals surface area contributed by atoms with Gasteiger partial charge < -0.3 is 15.4 Å². The Labute approximate surface area is 91.2 Å². The fraction of sp³-hybridized carbons (Fsp3) is 0.900. The summed E-state index contributed by atoms with van der Waals surface area (Å²) in [4.78, 5) is 15.4. The van der Waals surface area contributed by atoms with E-state index in [0.717, 1.165) is 32.7 Å². The highest BCUT2D eigenvalue weighted by Gasteiger charge is 2.21. The van der Waals surface area contributed by atoms with Crippen LogP contribution < -0.4 is 5.73 Å². The highest BCUT2D eigenvalue weighted by molar-refractivity contribution is 5.67. The Kier molecular flexibility index (Phi) is 4.84. The second kappa shape index (κ2) is 5.92. The van der Waals surface area contributed by atoms with Gasteiger partial charge in [0.1, 0.15) is 0 Å². The average Bonchev–Trinajstić information content (AvgIpc) is 2.18. The number of hydrogen-bond donors (Lipinski definition) is 1. The molecule has 88 valence electrons. The van der Waals surface area contributed by atoms with Gasteiger partial charge in [0.15, 0.2) is 0 Å². The van der Waals surface area contributed by atoms with E-state index in [-0.39, 0.29) is 12.1 Å². The highest BCUT2D eigenvalue weighted by atomic mass is 16.6. The second-order valence-corrected chi connectivity index (χ2v) is 3.96. The molecule has 1 atom stereocenters. The zero-order chi connectivity index (χ0) is 11.3. The van der Waals surface area contributed by atoms with E-state index in [2.05, 4.69) is 4.90 Å². The van der Waals surface area contributed by atoms with E-state index >= 15 is 0 Å². The van der Waals surface area contributed by atoms with Crippen molar-refractivity contribution in [3.05, 3.63) is 0 Å². The molecule has 0 aliphatic carbocycles. The van der Waals surface area contributed by atoms with Gasteiger partial charge in [-0.05, 0) is 13.8 Å². The Bertz CT molecular complexity index is 201. The monoisotopic (exact) mass is 215 g/mol. The SMILES string of the molecule is CCOC(=O)N1CCN(CC(C)N)CC1. The molecule has 5 nitrogen and oxygen atoms in total. The average molecular weight is 215 g/mol. The number of rotatable bonds is 3. The Balaban J connectivity index is 2.26. The molecule has 1 aliphatic rings. The van der Waals surface area contributed by atoms with Crippen LogP contribution in [0.3, 0.4) is 0 Å². The summed E-state index contributed by atoms with van der Waals surface area (Å²) in [7, 11) is 0. The van der Waals surface area contributed by atoms with Crippen molar-refractivity contribution < 1.29 is 9.53 Å².